The van der Waals surface area contributed by atoms with E-state index < -0.39 is 0 Å². The highest BCUT2D eigenvalue weighted by molar-refractivity contribution is 9.10. The van der Waals surface area contributed by atoms with Gasteiger partial charge in [-0.2, -0.15) is 0 Å². The number of nitrogens with one attached hydrogen (secondary N) is 1. The number of imidazole rings is 1. The Labute approximate surface area is 131 Å². The molecule has 1 aliphatic heterocycles. The third-order valence-electron chi connectivity index (χ3n) is 3.12. The molecule has 0 spiro atoms. The quantitative estimate of drug-likeness (QED) is 0.918. The molecular formula is C13H14BrClN4O. The number of H-pyrrole nitrogens is 1. The van der Waals surface area contributed by atoms with E-state index in [1.165, 1.54) is 0 Å². The van der Waals surface area contributed by atoms with Crippen molar-refractivity contribution in [1.82, 2.24) is 14.9 Å². The van der Waals surface area contributed by atoms with Crippen molar-refractivity contribution in [3.05, 3.63) is 47.0 Å². The van der Waals surface area contributed by atoms with Crippen LogP contribution < -0.4 is 4.90 Å². The average Bonchev–Trinajstić information content (AvgIpc) is 3.01. The van der Waals surface area contributed by atoms with Gasteiger partial charge in [0.2, 0.25) is 0 Å². The standard InChI is InChI=1S/C13H13BrN4O.ClH/c14-10-2-1-3-12(6-10)18-5-4-17(13(18)19)8-11-7-15-9-16-11;/h1-3,6-7,9H,4-5,8H2,(H,15,16);1H. The number of hydrogen-bond donors (Lipinski definition) is 1. The van der Waals surface area contributed by atoms with E-state index in [1.807, 2.05) is 30.5 Å². The summed E-state index contributed by atoms with van der Waals surface area (Å²) in [4.78, 5) is 23.0. The largest absolute Gasteiger partial charge is 0.351 e. The molecule has 0 unspecified atom stereocenters. The molecule has 1 aromatic heterocycles. The SMILES string of the molecule is Cl.O=C1N(Cc2c[nH]cn2)CCN1c1cccc(Br)c1. The lowest BCUT2D eigenvalue weighted by molar-refractivity contribution is 0.218. The van der Waals surface area contributed by atoms with Crippen LogP contribution in [0, 0.1) is 0 Å². The fourth-order valence-corrected chi connectivity index (χ4v) is 2.57. The van der Waals surface area contributed by atoms with Gasteiger partial charge in [-0.25, -0.2) is 9.78 Å². The zero-order valence-electron chi connectivity index (χ0n) is 10.6. The molecule has 7 heteroatoms. The lowest BCUT2D eigenvalue weighted by Gasteiger charge is -2.18. The minimum absolute atomic E-state index is 0. The fraction of sp³-hybridized carbons (Fsp3) is 0.231. The molecule has 5 nitrogen and oxygen atoms in total. The maximum Gasteiger partial charge on any atom is 0.324 e. The number of aromatic nitrogens is 2. The van der Waals surface area contributed by atoms with Crippen LogP contribution in [0.4, 0.5) is 10.5 Å². The van der Waals surface area contributed by atoms with Crippen molar-refractivity contribution in [3.8, 4) is 0 Å². The first-order chi connectivity index (χ1) is 9.24. The molecular weight excluding hydrogens is 344 g/mol. The van der Waals surface area contributed by atoms with E-state index in [2.05, 4.69) is 25.9 Å². The third kappa shape index (κ3) is 2.96. The third-order valence-corrected chi connectivity index (χ3v) is 3.62. The Morgan fingerprint density at radius 3 is 2.90 bits per heavy atom. The lowest BCUT2D eigenvalue weighted by atomic mass is 10.3. The highest BCUT2D eigenvalue weighted by atomic mass is 79.9. The summed E-state index contributed by atoms with van der Waals surface area (Å²) in [6.45, 7) is 1.98. The van der Waals surface area contributed by atoms with Crippen molar-refractivity contribution >= 4 is 40.1 Å². The monoisotopic (exact) mass is 356 g/mol. The molecule has 0 saturated carbocycles. The maximum atomic E-state index is 12.3. The molecule has 106 valence electrons. The number of halogens is 2. The Morgan fingerprint density at radius 2 is 2.20 bits per heavy atom. The van der Waals surface area contributed by atoms with Gasteiger partial charge >= 0.3 is 6.03 Å². The minimum atomic E-state index is 0. The van der Waals surface area contributed by atoms with Gasteiger partial charge in [0.25, 0.3) is 0 Å². The molecule has 0 atom stereocenters. The predicted molar refractivity (Wildman–Crippen MR) is 83.1 cm³/mol. The fourth-order valence-electron chi connectivity index (χ4n) is 2.19. The van der Waals surface area contributed by atoms with E-state index >= 15 is 0 Å². The molecule has 1 aliphatic rings. The van der Waals surface area contributed by atoms with Crippen molar-refractivity contribution in [3.63, 3.8) is 0 Å². The molecule has 2 aromatic rings. The molecule has 1 N–H and O–H groups in total. The summed E-state index contributed by atoms with van der Waals surface area (Å²) >= 11 is 3.43. The van der Waals surface area contributed by atoms with Crippen LogP contribution in [0.2, 0.25) is 0 Å². The molecule has 1 fully saturated rings. The highest BCUT2D eigenvalue weighted by Crippen LogP contribution is 2.24. The second-order valence-corrected chi connectivity index (χ2v) is 5.31. The molecule has 0 aliphatic carbocycles. The van der Waals surface area contributed by atoms with Crippen molar-refractivity contribution in [2.24, 2.45) is 0 Å². The first-order valence-corrected chi connectivity index (χ1v) is 6.83. The van der Waals surface area contributed by atoms with Crippen LogP contribution in [0.5, 0.6) is 0 Å². The lowest BCUT2D eigenvalue weighted by Crippen LogP contribution is -2.31. The summed E-state index contributed by atoms with van der Waals surface area (Å²) in [6, 6.07) is 7.81. The Balaban J connectivity index is 0.00000147. The maximum absolute atomic E-state index is 12.3. The summed E-state index contributed by atoms with van der Waals surface area (Å²) in [7, 11) is 0. The zero-order chi connectivity index (χ0) is 13.2. The van der Waals surface area contributed by atoms with Crippen LogP contribution in [-0.2, 0) is 6.54 Å². The van der Waals surface area contributed by atoms with Crippen LogP contribution in [0.15, 0.2) is 41.3 Å². The van der Waals surface area contributed by atoms with Crippen molar-refractivity contribution in [2.45, 2.75) is 6.54 Å². The van der Waals surface area contributed by atoms with Crippen LogP contribution in [0.3, 0.4) is 0 Å². The Morgan fingerprint density at radius 1 is 1.35 bits per heavy atom. The van der Waals surface area contributed by atoms with E-state index in [1.54, 1.807) is 16.1 Å². The summed E-state index contributed by atoms with van der Waals surface area (Å²) in [6.07, 6.45) is 3.44. The van der Waals surface area contributed by atoms with E-state index in [4.69, 9.17) is 0 Å². The van der Waals surface area contributed by atoms with Gasteiger partial charge in [0.05, 0.1) is 18.6 Å². The first kappa shape index (κ1) is 14.9. The van der Waals surface area contributed by atoms with E-state index in [0.29, 0.717) is 13.1 Å². The number of anilines is 1. The predicted octanol–water partition coefficient (Wildman–Crippen LogP) is 3.04. The summed E-state index contributed by atoms with van der Waals surface area (Å²) < 4.78 is 0.976. The number of rotatable bonds is 3. The van der Waals surface area contributed by atoms with Gasteiger partial charge in [-0.1, -0.05) is 22.0 Å². The highest BCUT2D eigenvalue weighted by Gasteiger charge is 2.29. The number of amides is 2. The van der Waals surface area contributed by atoms with Crippen LogP contribution >= 0.6 is 28.3 Å². The van der Waals surface area contributed by atoms with E-state index in [0.717, 1.165) is 22.4 Å². The minimum Gasteiger partial charge on any atom is -0.351 e. The Hall–Kier alpha value is -1.53. The van der Waals surface area contributed by atoms with Crippen LogP contribution in [-0.4, -0.2) is 34.0 Å². The topological polar surface area (TPSA) is 52.2 Å². The molecule has 0 radical (unpaired) electrons. The van der Waals surface area contributed by atoms with Crippen molar-refractivity contribution in [1.29, 1.82) is 0 Å². The first-order valence-electron chi connectivity index (χ1n) is 6.04. The van der Waals surface area contributed by atoms with Gasteiger partial charge in [0.15, 0.2) is 0 Å². The van der Waals surface area contributed by atoms with Gasteiger partial charge in [-0.05, 0) is 18.2 Å². The number of nitrogens with zero attached hydrogens (tertiary/aromatic N) is 3. The van der Waals surface area contributed by atoms with Gasteiger partial charge in [-0.15, -0.1) is 12.4 Å². The second-order valence-electron chi connectivity index (χ2n) is 4.40. The summed E-state index contributed by atoms with van der Waals surface area (Å²) in [5, 5.41) is 0. The number of carbonyl (C=O) groups excluding carboxylic acids is 1. The number of urea groups is 1. The van der Waals surface area contributed by atoms with Crippen LogP contribution in [0.25, 0.3) is 0 Å². The van der Waals surface area contributed by atoms with E-state index in [9.17, 15) is 4.79 Å². The zero-order valence-corrected chi connectivity index (χ0v) is 13.0. The number of benzene rings is 1. The molecule has 2 heterocycles. The Bertz CT molecular complexity index is 590. The van der Waals surface area contributed by atoms with Crippen LogP contribution in [0.1, 0.15) is 5.69 Å². The van der Waals surface area contributed by atoms with Crippen molar-refractivity contribution < 1.29 is 4.79 Å². The number of aromatic amines is 1. The van der Waals surface area contributed by atoms with Gasteiger partial charge in [0.1, 0.15) is 0 Å². The number of carbonyl (C=O) groups is 1. The normalized spacial score (nSPS) is 14.6. The van der Waals surface area contributed by atoms with Gasteiger partial charge in [-0.3, -0.25) is 4.90 Å². The second kappa shape index (κ2) is 6.28. The summed E-state index contributed by atoms with van der Waals surface area (Å²) in [5.41, 5.74) is 1.80. The molecule has 2 amide bonds. The molecule has 1 aromatic carbocycles. The van der Waals surface area contributed by atoms with E-state index in [-0.39, 0.29) is 18.4 Å². The molecule has 20 heavy (non-hydrogen) atoms. The Kier molecular flexibility index (Phi) is 4.67. The number of hydrogen-bond acceptors (Lipinski definition) is 2. The van der Waals surface area contributed by atoms with Gasteiger partial charge in [0, 0.05) is 29.4 Å². The molecule has 3 rings (SSSR count). The van der Waals surface area contributed by atoms with Crippen molar-refractivity contribution in [2.75, 3.05) is 18.0 Å². The molecule has 1 saturated heterocycles. The van der Waals surface area contributed by atoms with Gasteiger partial charge < -0.3 is 9.88 Å². The smallest absolute Gasteiger partial charge is 0.324 e. The average molecular weight is 358 g/mol. The molecule has 0 bridgehead atoms. The summed E-state index contributed by atoms with van der Waals surface area (Å²) in [5.74, 6) is 0.